The summed E-state index contributed by atoms with van der Waals surface area (Å²) in [6.45, 7) is -0.0814. The van der Waals surface area contributed by atoms with Crippen molar-refractivity contribution in [2.24, 2.45) is 5.73 Å². The summed E-state index contributed by atoms with van der Waals surface area (Å²) in [5, 5.41) is 13.2. The maximum absolute atomic E-state index is 10.9. The standard InChI is InChI=1S/C11H11N3O2/c12-11(16)9-5-6-14(13-9)10-4-2-1-3-8(10)7-15/h1-6,15H,7H2,(H2,12,16). The Kier molecular flexibility index (Phi) is 2.70. The van der Waals surface area contributed by atoms with Crippen LogP contribution in [0.15, 0.2) is 36.5 Å². The van der Waals surface area contributed by atoms with Gasteiger partial charge in [0.1, 0.15) is 5.69 Å². The third kappa shape index (κ3) is 1.80. The molecule has 1 amide bonds. The number of carbonyl (C=O) groups is 1. The minimum absolute atomic E-state index is 0.0814. The number of benzene rings is 1. The lowest BCUT2D eigenvalue weighted by Crippen LogP contribution is -2.12. The summed E-state index contributed by atoms with van der Waals surface area (Å²) >= 11 is 0. The van der Waals surface area contributed by atoms with Crippen molar-refractivity contribution in [1.29, 1.82) is 0 Å². The van der Waals surface area contributed by atoms with Crippen molar-refractivity contribution in [3.63, 3.8) is 0 Å². The number of aliphatic hydroxyl groups is 1. The van der Waals surface area contributed by atoms with Gasteiger partial charge in [-0.15, -0.1) is 0 Å². The number of carbonyl (C=O) groups excluding carboxylic acids is 1. The van der Waals surface area contributed by atoms with Gasteiger partial charge in [-0.25, -0.2) is 4.68 Å². The van der Waals surface area contributed by atoms with Crippen molar-refractivity contribution < 1.29 is 9.90 Å². The van der Waals surface area contributed by atoms with E-state index in [1.807, 2.05) is 18.2 Å². The first-order chi connectivity index (χ1) is 7.72. The number of primary amides is 1. The van der Waals surface area contributed by atoms with Crippen molar-refractivity contribution in [1.82, 2.24) is 9.78 Å². The van der Waals surface area contributed by atoms with E-state index in [0.29, 0.717) is 0 Å². The van der Waals surface area contributed by atoms with Crippen LogP contribution in [0.3, 0.4) is 0 Å². The molecule has 1 heterocycles. The second kappa shape index (κ2) is 4.16. The van der Waals surface area contributed by atoms with Gasteiger partial charge in [0.25, 0.3) is 5.91 Å². The molecule has 0 fully saturated rings. The molecule has 5 nitrogen and oxygen atoms in total. The van der Waals surface area contributed by atoms with Crippen molar-refractivity contribution in [2.75, 3.05) is 0 Å². The van der Waals surface area contributed by atoms with Gasteiger partial charge in [0.2, 0.25) is 0 Å². The first kappa shape index (κ1) is 10.4. The van der Waals surface area contributed by atoms with Gasteiger partial charge in [-0.3, -0.25) is 4.79 Å². The van der Waals surface area contributed by atoms with Crippen molar-refractivity contribution in [2.45, 2.75) is 6.61 Å². The average Bonchev–Trinajstić information content (AvgIpc) is 2.78. The van der Waals surface area contributed by atoms with Gasteiger partial charge in [-0.2, -0.15) is 5.10 Å². The first-order valence-electron chi connectivity index (χ1n) is 4.77. The minimum atomic E-state index is -0.569. The molecule has 0 aliphatic carbocycles. The van der Waals surface area contributed by atoms with Gasteiger partial charge in [-0.05, 0) is 12.1 Å². The van der Waals surface area contributed by atoms with E-state index in [9.17, 15) is 4.79 Å². The van der Waals surface area contributed by atoms with Crippen molar-refractivity contribution >= 4 is 5.91 Å². The molecule has 82 valence electrons. The largest absolute Gasteiger partial charge is 0.392 e. The highest BCUT2D eigenvalue weighted by Gasteiger charge is 2.08. The third-order valence-electron chi connectivity index (χ3n) is 2.25. The number of aromatic nitrogens is 2. The lowest BCUT2D eigenvalue weighted by molar-refractivity contribution is 0.0995. The molecule has 0 aliphatic rings. The van der Waals surface area contributed by atoms with Crippen LogP contribution >= 0.6 is 0 Å². The Morgan fingerprint density at radius 2 is 2.12 bits per heavy atom. The van der Waals surface area contributed by atoms with Crippen LogP contribution in [0.2, 0.25) is 0 Å². The van der Waals surface area contributed by atoms with E-state index >= 15 is 0 Å². The third-order valence-corrected chi connectivity index (χ3v) is 2.25. The molecule has 0 spiro atoms. The molecule has 0 unspecified atom stereocenters. The van der Waals surface area contributed by atoms with Crippen LogP contribution in [0.4, 0.5) is 0 Å². The summed E-state index contributed by atoms with van der Waals surface area (Å²) in [6, 6.07) is 8.80. The number of nitrogens with zero attached hydrogens (tertiary/aromatic N) is 2. The number of para-hydroxylation sites is 1. The van der Waals surface area contributed by atoms with Crippen LogP contribution in [0, 0.1) is 0 Å². The monoisotopic (exact) mass is 217 g/mol. The Labute approximate surface area is 92.1 Å². The van der Waals surface area contributed by atoms with Gasteiger partial charge in [0, 0.05) is 11.8 Å². The molecule has 3 N–H and O–H groups in total. The molecule has 0 atom stereocenters. The van der Waals surface area contributed by atoms with Gasteiger partial charge < -0.3 is 10.8 Å². The first-order valence-corrected chi connectivity index (χ1v) is 4.77. The molecule has 2 aromatic rings. The molecular weight excluding hydrogens is 206 g/mol. The maximum Gasteiger partial charge on any atom is 0.269 e. The number of amides is 1. The zero-order valence-corrected chi connectivity index (χ0v) is 8.50. The number of aliphatic hydroxyl groups excluding tert-OH is 1. The Morgan fingerprint density at radius 1 is 1.38 bits per heavy atom. The van der Waals surface area contributed by atoms with Crippen LogP contribution in [0.1, 0.15) is 16.1 Å². The zero-order chi connectivity index (χ0) is 11.5. The highest BCUT2D eigenvalue weighted by Crippen LogP contribution is 2.13. The molecular formula is C11H11N3O2. The summed E-state index contributed by atoms with van der Waals surface area (Å²) in [7, 11) is 0. The van der Waals surface area contributed by atoms with Crippen LogP contribution in [-0.4, -0.2) is 20.8 Å². The fourth-order valence-electron chi connectivity index (χ4n) is 1.46. The quantitative estimate of drug-likeness (QED) is 0.783. The highest BCUT2D eigenvalue weighted by molar-refractivity contribution is 5.90. The highest BCUT2D eigenvalue weighted by atomic mass is 16.3. The van der Waals surface area contributed by atoms with Crippen LogP contribution in [-0.2, 0) is 6.61 Å². The van der Waals surface area contributed by atoms with E-state index in [0.717, 1.165) is 11.3 Å². The van der Waals surface area contributed by atoms with E-state index < -0.39 is 5.91 Å². The van der Waals surface area contributed by atoms with Gasteiger partial charge in [0.15, 0.2) is 0 Å². The number of rotatable bonds is 3. The fraction of sp³-hybridized carbons (Fsp3) is 0.0909. The molecule has 2 rings (SSSR count). The predicted molar refractivity (Wildman–Crippen MR) is 58.0 cm³/mol. The second-order valence-electron chi connectivity index (χ2n) is 3.30. The molecule has 16 heavy (non-hydrogen) atoms. The van der Waals surface area contributed by atoms with E-state index in [-0.39, 0.29) is 12.3 Å². The molecule has 0 saturated carbocycles. The van der Waals surface area contributed by atoms with Crippen LogP contribution in [0.25, 0.3) is 5.69 Å². The molecule has 5 heteroatoms. The zero-order valence-electron chi connectivity index (χ0n) is 8.50. The second-order valence-corrected chi connectivity index (χ2v) is 3.30. The number of hydrogen-bond donors (Lipinski definition) is 2. The Bertz CT molecular complexity index is 519. The Hall–Kier alpha value is -2.14. The van der Waals surface area contributed by atoms with Crippen molar-refractivity contribution in [3.05, 3.63) is 47.8 Å². The predicted octanol–water partition coefficient (Wildman–Crippen LogP) is 0.463. The van der Waals surface area contributed by atoms with Crippen LogP contribution < -0.4 is 5.73 Å². The topological polar surface area (TPSA) is 81.1 Å². The molecule has 1 aromatic carbocycles. The van der Waals surface area contributed by atoms with Gasteiger partial charge in [-0.1, -0.05) is 18.2 Å². The lowest BCUT2D eigenvalue weighted by atomic mass is 10.2. The van der Waals surface area contributed by atoms with Crippen LogP contribution in [0.5, 0.6) is 0 Å². The molecule has 0 saturated heterocycles. The normalized spacial score (nSPS) is 10.3. The molecule has 0 bridgehead atoms. The SMILES string of the molecule is NC(=O)c1ccn(-c2ccccc2CO)n1. The van der Waals surface area contributed by atoms with E-state index in [2.05, 4.69) is 5.10 Å². The summed E-state index contributed by atoms with van der Waals surface area (Å²) in [5.74, 6) is -0.569. The molecule has 0 aliphatic heterocycles. The van der Waals surface area contributed by atoms with Gasteiger partial charge >= 0.3 is 0 Å². The fourth-order valence-corrected chi connectivity index (χ4v) is 1.46. The van der Waals surface area contributed by atoms with Gasteiger partial charge in [0.05, 0.1) is 12.3 Å². The molecule has 1 aromatic heterocycles. The molecule has 0 radical (unpaired) electrons. The summed E-state index contributed by atoms with van der Waals surface area (Å²) in [5.41, 5.74) is 6.78. The van der Waals surface area contributed by atoms with E-state index in [1.54, 1.807) is 12.3 Å². The lowest BCUT2D eigenvalue weighted by Gasteiger charge is -2.06. The smallest absolute Gasteiger partial charge is 0.269 e. The van der Waals surface area contributed by atoms with Crippen molar-refractivity contribution in [3.8, 4) is 5.69 Å². The van der Waals surface area contributed by atoms with E-state index in [1.165, 1.54) is 10.7 Å². The maximum atomic E-state index is 10.9. The summed E-state index contributed by atoms with van der Waals surface area (Å²) in [4.78, 5) is 10.9. The summed E-state index contributed by atoms with van der Waals surface area (Å²) < 4.78 is 1.52. The Morgan fingerprint density at radius 3 is 2.75 bits per heavy atom. The number of nitrogens with two attached hydrogens (primary N) is 1. The minimum Gasteiger partial charge on any atom is -0.392 e. The number of hydrogen-bond acceptors (Lipinski definition) is 3. The van der Waals surface area contributed by atoms with E-state index in [4.69, 9.17) is 10.8 Å². The average molecular weight is 217 g/mol. The summed E-state index contributed by atoms with van der Waals surface area (Å²) in [6.07, 6.45) is 1.63. The Balaban J connectivity index is 2.46.